The first-order valence-electron chi connectivity index (χ1n) is 6.16. The Labute approximate surface area is 125 Å². The van der Waals surface area contributed by atoms with Crippen LogP contribution < -0.4 is 10.1 Å². The van der Waals surface area contributed by atoms with Gasteiger partial charge in [-0.2, -0.15) is 15.0 Å². The van der Waals surface area contributed by atoms with Crippen molar-refractivity contribution in [1.82, 2.24) is 15.0 Å². The number of ether oxygens (including phenoxy) is 1. The molecule has 8 nitrogen and oxygen atoms in total. The molecule has 0 spiro atoms. The zero-order valence-corrected chi connectivity index (χ0v) is 11.9. The van der Waals surface area contributed by atoms with E-state index >= 15 is 0 Å². The lowest BCUT2D eigenvalue weighted by atomic mass is 10.3. The van der Waals surface area contributed by atoms with Crippen LogP contribution in [0.4, 0.5) is 11.6 Å². The third-order valence-electron chi connectivity index (χ3n) is 2.38. The van der Waals surface area contributed by atoms with Crippen LogP contribution in [-0.4, -0.2) is 26.4 Å². The van der Waals surface area contributed by atoms with Crippen LogP contribution in [0.15, 0.2) is 24.3 Å². The van der Waals surface area contributed by atoms with Crippen LogP contribution in [0, 0.1) is 10.1 Å². The van der Waals surface area contributed by atoms with Crippen molar-refractivity contribution in [2.24, 2.45) is 0 Å². The highest BCUT2D eigenvalue weighted by Gasteiger charge is 2.09. The number of nitro benzene ring substituents is 1. The van der Waals surface area contributed by atoms with E-state index in [1.54, 1.807) is 0 Å². The quantitative estimate of drug-likeness (QED) is 0.646. The second-order valence-electron chi connectivity index (χ2n) is 3.99. The Morgan fingerprint density at radius 3 is 2.62 bits per heavy atom. The van der Waals surface area contributed by atoms with Crippen molar-refractivity contribution >= 4 is 23.2 Å². The first-order valence-corrected chi connectivity index (χ1v) is 6.54. The third-order valence-corrected chi connectivity index (χ3v) is 2.55. The normalized spacial score (nSPS) is 10.2. The van der Waals surface area contributed by atoms with E-state index in [0.717, 1.165) is 6.42 Å². The fourth-order valence-electron chi connectivity index (χ4n) is 1.43. The van der Waals surface area contributed by atoms with Gasteiger partial charge in [-0.25, -0.2) is 0 Å². The topological polar surface area (TPSA) is 103 Å². The number of non-ortho nitro benzene ring substituents is 1. The van der Waals surface area contributed by atoms with Gasteiger partial charge in [-0.15, -0.1) is 0 Å². The van der Waals surface area contributed by atoms with Crippen LogP contribution in [0.5, 0.6) is 11.8 Å². The molecular weight excluding hydrogens is 298 g/mol. The Hall–Kier alpha value is -2.48. The summed E-state index contributed by atoms with van der Waals surface area (Å²) < 4.78 is 5.41. The van der Waals surface area contributed by atoms with Gasteiger partial charge in [0.15, 0.2) is 0 Å². The SMILES string of the molecule is CCCNc1nc(Cl)nc(Oc2ccc([N+](=O)[O-])cc2)n1. The van der Waals surface area contributed by atoms with E-state index in [1.807, 2.05) is 6.92 Å². The lowest BCUT2D eigenvalue weighted by molar-refractivity contribution is -0.384. The second kappa shape index (κ2) is 6.80. The van der Waals surface area contributed by atoms with Crippen molar-refractivity contribution in [3.8, 4) is 11.8 Å². The molecule has 1 aromatic carbocycles. The summed E-state index contributed by atoms with van der Waals surface area (Å²) in [6, 6.07) is 5.58. The molecule has 0 fully saturated rings. The number of halogens is 1. The minimum Gasteiger partial charge on any atom is -0.424 e. The van der Waals surface area contributed by atoms with Crippen molar-refractivity contribution in [1.29, 1.82) is 0 Å². The van der Waals surface area contributed by atoms with Gasteiger partial charge in [-0.1, -0.05) is 6.92 Å². The summed E-state index contributed by atoms with van der Waals surface area (Å²) >= 11 is 5.79. The lowest BCUT2D eigenvalue weighted by Gasteiger charge is -2.06. The number of nitrogens with one attached hydrogen (secondary N) is 1. The van der Waals surface area contributed by atoms with Crippen molar-refractivity contribution in [2.75, 3.05) is 11.9 Å². The van der Waals surface area contributed by atoms with E-state index in [1.165, 1.54) is 24.3 Å². The number of rotatable bonds is 6. The summed E-state index contributed by atoms with van der Waals surface area (Å²) in [5.41, 5.74) is -0.0265. The number of aromatic nitrogens is 3. The van der Waals surface area contributed by atoms with Crippen LogP contribution in [-0.2, 0) is 0 Å². The van der Waals surface area contributed by atoms with Gasteiger partial charge in [0.05, 0.1) is 4.92 Å². The molecule has 1 heterocycles. The molecule has 0 unspecified atom stereocenters. The highest BCUT2D eigenvalue weighted by molar-refractivity contribution is 6.28. The number of anilines is 1. The molecule has 0 bridgehead atoms. The van der Waals surface area contributed by atoms with Gasteiger partial charge >= 0.3 is 6.01 Å². The summed E-state index contributed by atoms with van der Waals surface area (Å²) in [5.74, 6) is 0.679. The predicted molar refractivity (Wildman–Crippen MR) is 76.8 cm³/mol. The first-order chi connectivity index (χ1) is 10.1. The molecule has 2 rings (SSSR count). The van der Waals surface area contributed by atoms with E-state index in [0.29, 0.717) is 18.2 Å². The maximum absolute atomic E-state index is 10.6. The van der Waals surface area contributed by atoms with Gasteiger partial charge in [-0.05, 0) is 30.2 Å². The molecule has 0 aliphatic rings. The zero-order chi connectivity index (χ0) is 15.2. The fraction of sp³-hybridized carbons (Fsp3) is 0.250. The standard InChI is InChI=1S/C12H12ClN5O3/c1-2-7-14-11-15-10(13)16-12(17-11)21-9-5-3-8(4-6-9)18(19)20/h3-6H,2,7H2,1H3,(H,14,15,16,17). The molecule has 2 aromatic rings. The number of nitrogens with zero attached hydrogens (tertiary/aromatic N) is 4. The third kappa shape index (κ3) is 4.25. The van der Waals surface area contributed by atoms with Crippen molar-refractivity contribution in [2.45, 2.75) is 13.3 Å². The average Bonchev–Trinajstić information content (AvgIpc) is 2.45. The van der Waals surface area contributed by atoms with Crippen molar-refractivity contribution < 1.29 is 9.66 Å². The maximum atomic E-state index is 10.6. The summed E-state index contributed by atoms with van der Waals surface area (Å²) in [4.78, 5) is 21.9. The number of hydrogen-bond donors (Lipinski definition) is 1. The van der Waals surface area contributed by atoms with Crippen LogP contribution in [0.25, 0.3) is 0 Å². The molecule has 0 amide bonds. The molecule has 21 heavy (non-hydrogen) atoms. The van der Waals surface area contributed by atoms with Crippen LogP contribution in [0.2, 0.25) is 5.28 Å². The van der Waals surface area contributed by atoms with E-state index in [2.05, 4.69) is 20.3 Å². The molecule has 110 valence electrons. The van der Waals surface area contributed by atoms with Crippen LogP contribution in [0.1, 0.15) is 13.3 Å². The minimum atomic E-state index is -0.490. The average molecular weight is 310 g/mol. The molecule has 0 atom stereocenters. The largest absolute Gasteiger partial charge is 0.424 e. The zero-order valence-electron chi connectivity index (χ0n) is 11.1. The molecule has 1 N–H and O–H groups in total. The number of nitro groups is 1. The van der Waals surface area contributed by atoms with E-state index < -0.39 is 4.92 Å². The highest BCUT2D eigenvalue weighted by Crippen LogP contribution is 2.22. The van der Waals surface area contributed by atoms with Gasteiger partial charge in [0.2, 0.25) is 11.2 Å². The summed E-state index contributed by atoms with van der Waals surface area (Å²) in [6.07, 6.45) is 0.905. The Kier molecular flexibility index (Phi) is 4.83. The Morgan fingerprint density at radius 2 is 2.00 bits per heavy atom. The Bertz CT molecular complexity index is 635. The molecule has 1 aromatic heterocycles. The summed E-state index contributed by atoms with van der Waals surface area (Å²) in [6.45, 7) is 2.70. The summed E-state index contributed by atoms with van der Waals surface area (Å²) in [5, 5.41) is 13.5. The molecule has 0 saturated heterocycles. The molecule has 0 radical (unpaired) electrons. The van der Waals surface area contributed by atoms with E-state index in [4.69, 9.17) is 16.3 Å². The van der Waals surface area contributed by atoms with Gasteiger partial charge < -0.3 is 10.1 Å². The molecule has 0 saturated carbocycles. The van der Waals surface area contributed by atoms with Crippen molar-refractivity contribution in [3.63, 3.8) is 0 Å². The van der Waals surface area contributed by atoms with Gasteiger partial charge in [0, 0.05) is 18.7 Å². The fourth-order valence-corrected chi connectivity index (χ4v) is 1.59. The Balaban J connectivity index is 2.14. The van der Waals surface area contributed by atoms with E-state index in [9.17, 15) is 10.1 Å². The first kappa shape index (κ1) is 14.9. The summed E-state index contributed by atoms with van der Waals surface area (Å²) in [7, 11) is 0. The maximum Gasteiger partial charge on any atom is 0.328 e. The monoisotopic (exact) mass is 309 g/mol. The van der Waals surface area contributed by atoms with Gasteiger partial charge in [0.25, 0.3) is 5.69 Å². The van der Waals surface area contributed by atoms with Crippen LogP contribution in [0.3, 0.4) is 0 Å². The molecule has 9 heteroatoms. The Morgan fingerprint density at radius 1 is 1.29 bits per heavy atom. The number of benzene rings is 1. The second-order valence-corrected chi connectivity index (χ2v) is 4.33. The smallest absolute Gasteiger partial charge is 0.328 e. The highest BCUT2D eigenvalue weighted by atomic mass is 35.5. The molecule has 0 aliphatic heterocycles. The number of hydrogen-bond acceptors (Lipinski definition) is 7. The lowest BCUT2D eigenvalue weighted by Crippen LogP contribution is -2.06. The van der Waals surface area contributed by atoms with E-state index in [-0.39, 0.29) is 17.0 Å². The predicted octanol–water partition coefficient (Wildman–Crippen LogP) is 3.05. The van der Waals surface area contributed by atoms with Crippen LogP contribution >= 0.6 is 11.6 Å². The van der Waals surface area contributed by atoms with Gasteiger partial charge in [0.1, 0.15) is 5.75 Å². The minimum absolute atomic E-state index is 0.000477. The van der Waals surface area contributed by atoms with Crippen molar-refractivity contribution in [3.05, 3.63) is 39.7 Å². The molecule has 0 aliphatic carbocycles. The van der Waals surface area contributed by atoms with Gasteiger partial charge in [-0.3, -0.25) is 10.1 Å². The molecular formula is C12H12ClN5O3.